The van der Waals surface area contributed by atoms with Crippen LogP contribution in [0, 0.1) is 5.82 Å². The monoisotopic (exact) mass is 439 g/mol. The Labute approximate surface area is 190 Å². The van der Waals surface area contributed by atoms with E-state index in [0.29, 0.717) is 38.4 Å². The average molecular weight is 440 g/mol. The molecule has 0 unspecified atom stereocenters. The number of hydrogen-bond donors (Lipinski definition) is 2. The molecule has 0 radical (unpaired) electrons. The summed E-state index contributed by atoms with van der Waals surface area (Å²) in [6, 6.07) is 15.7. The summed E-state index contributed by atoms with van der Waals surface area (Å²) in [6.45, 7) is 4.19. The number of aliphatic hydroxyl groups is 1. The van der Waals surface area contributed by atoms with Gasteiger partial charge in [0.25, 0.3) is 0 Å². The van der Waals surface area contributed by atoms with Crippen molar-refractivity contribution in [3.63, 3.8) is 0 Å². The molecule has 2 fully saturated rings. The molecule has 2 N–H and O–H groups in total. The zero-order chi connectivity index (χ0) is 22.3. The number of likely N-dealkylation sites (tertiary alicyclic amines) is 1. The minimum atomic E-state index is -0.258. The lowest BCUT2D eigenvalue weighted by atomic mass is 10.0. The summed E-state index contributed by atoms with van der Waals surface area (Å²) < 4.78 is 13.3. The van der Waals surface area contributed by atoms with Gasteiger partial charge in [0.15, 0.2) is 0 Å². The van der Waals surface area contributed by atoms with Gasteiger partial charge < -0.3 is 20.2 Å². The minimum absolute atomic E-state index is 0.148. The fourth-order valence-electron chi connectivity index (χ4n) is 4.68. The number of nitrogens with zero attached hydrogens (tertiary/aromatic N) is 2. The fraction of sp³-hybridized carbons (Fsp3) is 0.500. The van der Waals surface area contributed by atoms with E-state index in [0.717, 1.165) is 50.0 Å². The quantitative estimate of drug-likeness (QED) is 0.696. The van der Waals surface area contributed by atoms with E-state index in [2.05, 4.69) is 34.5 Å². The van der Waals surface area contributed by atoms with E-state index in [4.69, 9.17) is 0 Å². The van der Waals surface area contributed by atoms with Crippen molar-refractivity contribution < 1.29 is 14.3 Å². The molecule has 2 aliphatic heterocycles. The van der Waals surface area contributed by atoms with Gasteiger partial charge >= 0.3 is 0 Å². The van der Waals surface area contributed by atoms with Crippen LogP contribution in [0.3, 0.4) is 0 Å². The Balaban J connectivity index is 1.19. The van der Waals surface area contributed by atoms with Crippen LogP contribution in [0.4, 0.5) is 10.1 Å². The van der Waals surface area contributed by atoms with Gasteiger partial charge in [-0.05, 0) is 74.0 Å². The number of benzene rings is 2. The van der Waals surface area contributed by atoms with Crippen molar-refractivity contribution in [3.05, 3.63) is 65.5 Å². The van der Waals surface area contributed by atoms with Crippen LogP contribution in [0.25, 0.3) is 0 Å². The predicted molar refractivity (Wildman–Crippen MR) is 125 cm³/mol. The molecular weight excluding hydrogens is 405 g/mol. The summed E-state index contributed by atoms with van der Waals surface area (Å²) in [7, 11) is 0. The second-order valence-corrected chi connectivity index (χ2v) is 9.05. The highest BCUT2D eigenvalue weighted by Crippen LogP contribution is 2.21. The van der Waals surface area contributed by atoms with Gasteiger partial charge in [0.05, 0.1) is 12.5 Å². The van der Waals surface area contributed by atoms with Crippen molar-refractivity contribution in [1.29, 1.82) is 0 Å². The van der Waals surface area contributed by atoms with E-state index in [-0.39, 0.29) is 17.8 Å². The van der Waals surface area contributed by atoms with Crippen LogP contribution in [-0.2, 0) is 17.6 Å². The van der Waals surface area contributed by atoms with Gasteiger partial charge in [0.1, 0.15) is 5.82 Å². The van der Waals surface area contributed by atoms with Crippen LogP contribution in [0.5, 0.6) is 0 Å². The summed E-state index contributed by atoms with van der Waals surface area (Å²) in [5, 5.41) is 13.2. The summed E-state index contributed by atoms with van der Waals surface area (Å²) in [4.78, 5) is 16.8. The number of aliphatic hydroxyl groups excluding tert-OH is 1. The summed E-state index contributed by atoms with van der Waals surface area (Å²) in [5.74, 6) is -0.0210. The Bertz CT molecular complexity index is 873. The molecule has 2 aliphatic rings. The number of anilines is 1. The molecule has 4 rings (SSSR count). The smallest absolute Gasteiger partial charge is 0.226 e. The molecule has 2 aromatic carbocycles. The number of halogens is 1. The van der Waals surface area contributed by atoms with Gasteiger partial charge in [-0.25, -0.2) is 4.39 Å². The lowest BCUT2D eigenvalue weighted by molar-refractivity contribution is -0.132. The molecule has 172 valence electrons. The van der Waals surface area contributed by atoms with Crippen molar-refractivity contribution in [1.82, 2.24) is 10.2 Å². The first-order valence-electron chi connectivity index (χ1n) is 11.8. The van der Waals surface area contributed by atoms with Crippen LogP contribution in [0.2, 0.25) is 0 Å². The Kier molecular flexibility index (Phi) is 7.76. The molecule has 2 aromatic rings. The topological polar surface area (TPSA) is 55.8 Å². The maximum atomic E-state index is 13.3. The van der Waals surface area contributed by atoms with Crippen molar-refractivity contribution in [3.8, 4) is 0 Å². The van der Waals surface area contributed by atoms with Crippen molar-refractivity contribution in [2.75, 3.05) is 37.6 Å². The summed E-state index contributed by atoms with van der Waals surface area (Å²) >= 11 is 0. The van der Waals surface area contributed by atoms with Crippen LogP contribution in [-0.4, -0.2) is 60.8 Å². The zero-order valence-electron chi connectivity index (χ0n) is 18.7. The Morgan fingerprint density at radius 2 is 1.69 bits per heavy atom. The molecule has 5 nitrogen and oxygen atoms in total. The number of amides is 1. The van der Waals surface area contributed by atoms with Crippen molar-refractivity contribution in [2.24, 2.45) is 0 Å². The Morgan fingerprint density at radius 1 is 0.969 bits per heavy atom. The van der Waals surface area contributed by atoms with Gasteiger partial charge in [-0.15, -0.1) is 0 Å². The van der Waals surface area contributed by atoms with E-state index in [1.54, 1.807) is 12.1 Å². The Morgan fingerprint density at radius 3 is 2.38 bits per heavy atom. The first-order valence-corrected chi connectivity index (χ1v) is 11.8. The molecule has 2 heterocycles. The average Bonchev–Trinajstić information content (AvgIpc) is 2.81. The molecule has 0 aliphatic carbocycles. The maximum absolute atomic E-state index is 13.3. The molecule has 0 atom stereocenters. The normalized spacial score (nSPS) is 18.2. The molecule has 0 saturated carbocycles. The Hall–Kier alpha value is -2.44. The zero-order valence-corrected chi connectivity index (χ0v) is 18.7. The largest absolute Gasteiger partial charge is 0.393 e. The number of carbonyl (C=O) groups is 1. The molecule has 1 amide bonds. The van der Waals surface area contributed by atoms with Gasteiger partial charge in [0.2, 0.25) is 5.91 Å². The van der Waals surface area contributed by atoms with E-state index < -0.39 is 0 Å². The lowest BCUT2D eigenvalue weighted by Crippen LogP contribution is -2.43. The second kappa shape index (κ2) is 10.9. The fourth-order valence-corrected chi connectivity index (χ4v) is 4.68. The van der Waals surface area contributed by atoms with Gasteiger partial charge in [-0.3, -0.25) is 4.79 Å². The predicted octanol–water partition coefficient (Wildman–Crippen LogP) is 3.15. The highest BCUT2D eigenvalue weighted by atomic mass is 19.1. The van der Waals surface area contributed by atoms with Crippen molar-refractivity contribution >= 4 is 11.6 Å². The number of piperidine rings is 2. The molecule has 0 bridgehead atoms. The van der Waals surface area contributed by atoms with Crippen LogP contribution in [0.15, 0.2) is 48.5 Å². The van der Waals surface area contributed by atoms with Gasteiger partial charge in [-0.2, -0.15) is 0 Å². The molecule has 32 heavy (non-hydrogen) atoms. The van der Waals surface area contributed by atoms with Crippen LogP contribution < -0.4 is 10.2 Å². The third kappa shape index (κ3) is 6.30. The first-order chi connectivity index (χ1) is 15.6. The third-order valence-corrected chi connectivity index (χ3v) is 6.70. The van der Waals surface area contributed by atoms with E-state index in [1.165, 1.54) is 11.8 Å². The minimum Gasteiger partial charge on any atom is -0.393 e. The molecular formula is C26H34FN3O2. The summed E-state index contributed by atoms with van der Waals surface area (Å²) in [6.07, 6.45) is 4.55. The highest BCUT2D eigenvalue weighted by Gasteiger charge is 2.22. The standard InChI is InChI=1S/C26H34FN3O2/c27-22-3-1-2-20(18-22)8-13-28-23-9-14-29(15-10-23)24-6-4-21(5-7-24)19-26(32)30-16-11-25(31)12-17-30/h1-7,18,23,25,28,31H,8-17,19H2. The maximum Gasteiger partial charge on any atom is 0.226 e. The van der Waals surface area contributed by atoms with Crippen LogP contribution in [0.1, 0.15) is 36.8 Å². The highest BCUT2D eigenvalue weighted by molar-refractivity contribution is 5.79. The molecule has 6 heteroatoms. The second-order valence-electron chi connectivity index (χ2n) is 9.05. The van der Waals surface area contributed by atoms with Gasteiger partial charge in [0, 0.05) is 37.9 Å². The summed E-state index contributed by atoms with van der Waals surface area (Å²) in [5.41, 5.74) is 3.28. The number of carbonyl (C=O) groups excluding carboxylic acids is 1. The number of hydrogen-bond acceptors (Lipinski definition) is 4. The molecule has 0 spiro atoms. The third-order valence-electron chi connectivity index (χ3n) is 6.70. The van der Waals surface area contributed by atoms with E-state index >= 15 is 0 Å². The SMILES string of the molecule is O=C(Cc1ccc(N2CCC(NCCc3cccc(F)c3)CC2)cc1)N1CCC(O)CC1. The van der Waals surface area contributed by atoms with Crippen molar-refractivity contribution in [2.45, 2.75) is 50.7 Å². The lowest BCUT2D eigenvalue weighted by Gasteiger charge is -2.34. The van der Waals surface area contributed by atoms with Gasteiger partial charge in [-0.1, -0.05) is 24.3 Å². The number of nitrogens with one attached hydrogen (secondary N) is 1. The first kappa shape index (κ1) is 22.7. The number of rotatable bonds is 7. The molecule has 0 aromatic heterocycles. The van der Waals surface area contributed by atoms with Crippen LogP contribution >= 0.6 is 0 Å². The molecule has 2 saturated heterocycles. The van der Waals surface area contributed by atoms with E-state index in [9.17, 15) is 14.3 Å². The van der Waals surface area contributed by atoms with E-state index in [1.807, 2.05) is 11.0 Å².